The van der Waals surface area contributed by atoms with Gasteiger partial charge in [0, 0.05) is 60.0 Å². The van der Waals surface area contributed by atoms with E-state index >= 15 is 0 Å². The Hall–Kier alpha value is -5.04. The molecule has 0 spiro atoms. The molecule has 1 aliphatic rings. The molecule has 7 rings (SSSR count). The van der Waals surface area contributed by atoms with Crippen LogP contribution < -0.4 is 14.5 Å². The number of halogens is 2. The van der Waals surface area contributed by atoms with E-state index in [2.05, 4.69) is 24.7 Å². The number of sulfonamides is 2. The van der Waals surface area contributed by atoms with Crippen LogP contribution >= 0.6 is 0 Å². The van der Waals surface area contributed by atoms with Crippen LogP contribution in [-0.2, 0) is 47.2 Å². The molecule has 1 N–H and O–H groups in total. The van der Waals surface area contributed by atoms with E-state index in [1.807, 2.05) is 35.4 Å². The van der Waals surface area contributed by atoms with Crippen LogP contribution in [0, 0.1) is 17.6 Å². The average Bonchev–Trinajstić information content (AvgIpc) is 3.76. The summed E-state index contributed by atoms with van der Waals surface area (Å²) in [5.41, 5.74) is 5.22. The van der Waals surface area contributed by atoms with Gasteiger partial charge in [-0.3, -0.25) is 0 Å². The molecular formula is C36H42F2N10O4S2. The van der Waals surface area contributed by atoms with Crippen molar-refractivity contribution in [3.63, 3.8) is 0 Å². The van der Waals surface area contributed by atoms with Crippen molar-refractivity contribution in [1.82, 2.24) is 38.1 Å². The van der Waals surface area contributed by atoms with Crippen LogP contribution in [0.1, 0.15) is 24.0 Å². The maximum absolute atomic E-state index is 14.9. The molecule has 54 heavy (non-hydrogen) atoms. The number of nitrogens with zero attached hydrogens (tertiary/aromatic N) is 9. The van der Waals surface area contributed by atoms with Crippen LogP contribution in [-0.4, -0.2) is 83.4 Å². The monoisotopic (exact) mass is 780 g/mol. The molecule has 4 aromatic heterocycles. The van der Waals surface area contributed by atoms with Crippen LogP contribution in [0.4, 0.5) is 31.8 Å². The molecule has 2 aromatic carbocycles. The molecule has 1 aliphatic carbocycles. The number of rotatable bonds is 12. The fourth-order valence-electron chi connectivity index (χ4n) is 5.83. The quantitative estimate of drug-likeness (QED) is 0.180. The third kappa shape index (κ3) is 9.18. The summed E-state index contributed by atoms with van der Waals surface area (Å²) in [6.45, 7) is 0.713. The van der Waals surface area contributed by atoms with E-state index < -0.39 is 31.7 Å². The minimum absolute atomic E-state index is 0.0407. The van der Waals surface area contributed by atoms with Crippen LogP contribution in [0.5, 0.6) is 0 Å². The summed E-state index contributed by atoms with van der Waals surface area (Å²) in [6, 6.07) is 13.1. The van der Waals surface area contributed by atoms with E-state index in [-0.39, 0.29) is 13.1 Å². The summed E-state index contributed by atoms with van der Waals surface area (Å²) < 4.78 is 83.3. The summed E-state index contributed by atoms with van der Waals surface area (Å²) >= 11 is 0. The second-order valence-corrected chi connectivity index (χ2v) is 17.4. The first-order valence-corrected chi connectivity index (χ1v) is 20.7. The van der Waals surface area contributed by atoms with Gasteiger partial charge in [-0.1, -0.05) is 12.1 Å². The fraction of sp³-hybridized carbons (Fsp3) is 0.333. The van der Waals surface area contributed by atoms with E-state index in [9.17, 15) is 25.6 Å². The Morgan fingerprint density at radius 2 is 1.22 bits per heavy atom. The Bertz CT molecular complexity index is 2540. The zero-order chi connectivity index (χ0) is 38.9. The molecule has 0 saturated heterocycles. The number of hydrogen-bond acceptors (Lipinski definition) is 10. The standard InChI is InChI=1S/C20H24FN5O2S.C16H18FN5O2S/c1-24-13-23-17-10-22-20(9-19(17)24)25(2)18-7-6-15(8-16(18)21)12-26(29(3,27)28)11-14-4-5-14;1-21-10-19-13-9-18-16(7-15(13)21)22(2)14-5-4-11(6-12(14)17)8-20-25(3,23)24/h6-10,13-14H,4-5,11-12H2,1-3H3;4-7,9-10,20H,8H2,1-3H3. The Morgan fingerprint density at radius 3 is 1.67 bits per heavy atom. The van der Waals surface area contributed by atoms with Gasteiger partial charge in [-0.25, -0.2) is 50.3 Å². The maximum atomic E-state index is 14.9. The second kappa shape index (κ2) is 15.4. The summed E-state index contributed by atoms with van der Waals surface area (Å²) in [7, 11) is 0.576. The van der Waals surface area contributed by atoms with Crippen LogP contribution in [0.2, 0.25) is 0 Å². The minimum Gasteiger partial charge on any atom is -0.334 e. The zero-order valence-electron chi connectivity index (χ0n) is 30.8. The summed E-state index contributed by atoms with van der Waals surface area (Å²) in [5.74, 6) is 0.725. The van der Waals surface area contributed by atoms with Gasteiger partial charge in [0.05, 0.1) is 60.0 Å². The van der Waals surface area contributed by atoms with Gasteiger partial charge in [-0.15, -0.1) is 0 Å². The molecule has 0 bridgehead atoms. The molecule has 0 radical (unpaired) electrons. The van der Waals surface area contributed by atoms with Gasteiger partial charge < -0.3 is 18.9 Å². The average molecular weight is 781 g/mol. The molecule has 0 unspecified atom stereocenters. The highest BCUT2D eigenvalue weighted by Gasteiger charge is 2.29. The molecule has 0 amide bonds. The van der Waals surface area contributed by atoms with Gasteiger partial charge in [0.2, 0.25) is 20.0 Å². The largest absolute Gasteiger partial charge is 0.334 e. The molecule has 286 valence electrons. The first kappa shape index (κ1) is 38.7. The van der Waals surface area contributed by atoms with Crippen molar-refractivity contribution in [3.05, 3.63) is 96.3 Å². The van der Waals surface area contributed by atoms with Crippen LogP contribution in [0.25, 0.3) is 22.1 Å². The third-order valence-corrected chi connectivity index (χ3v) is 11.0. The van der Waals surface area contributed by atoms with Gasteiger partial charge in [0.25, 0.3) is 0 Å². The van der Waals surface area contributed by atoms with Crippen LogP contribution in [0.3, 0.4) is 0 Å². The number of fused-ring (bicyclic) bond motifs is 2. The van der Waals surface area contributed by atoms with E-state index in [0.717, 1.165) is 41.2 Å². The van der Waals surface area contributed by atoms with Crippen molar-refractivity contribution in [1.29, 1.82) is 0 Å². The molecule has 1 fully saturated rings. The van der Waals surface area contributed by atoms with E-state index in [1.165, 1.54) is 22.7 Å². The Kier molecular flexibility index (Phi) is 11.0. The number of imidazole rings is 2. The predicted molar refractivity (Wildman–Crippen MR) is 206 cm³/mol. The van der Waals surface area contributed by atoms with E-state index in [0.29, 0.717) is 46.6 Å². The van der Waals surface area contributed by atoms with Gasteiger partial charge in [0.1, 0.15) is 34.3 Å². The molecule has 0 atom stereocenters. The summed E-state index contributed by atoms with van der Waals surface area (Å²) in [5, 5.41) is 0. The molecule has 0 aliphatic heterocycles. The Morgan fingerprint density at radius 1 is 0.741 bits per heavy atom. The lowest BCUT2D eigenvalue weighted by Crippen LogP contribution is -2.31. The minimum atomic E-state index is -3.34. The smallest absolute Gasteiger partial charge is 0.211 e. The van der Waals surface area contributed by atoms with Gasteiger partial charge in [-0.05, 0) is 54.2 Å². The van der Waals surface area contributed by atoms with E-state index in [4.69, 9.17) is 0 Å². The number of anilines is 4. The van der Waals surface area contributed by atoms with Crippen molar-refractivity contribution in [2.45, 2.75) is 25.9 Å². The summed E-state index contributed by atoms with van der Waals surface area (Å²) in [4.78, 5) is 20.5. The molecule has 18 heteroatoms. The lowest BCUT2D eigenvalue weighted by molar-refractivity contribution is 0.394. The van der Waals surface area contributed by atoms with Crippen LogP contribution in [0.15, 0.2) is 73.6 Å². The highest BCUT2D eigenvalue weighted by Crippen LogP contribution is 2.32. The zero-order valence-corrected chi connectivity index (χ0v) is 32.4. The highest BCUT2D eigenvalue weighted by atomic mass is 32.2. The van der Waals surface area contributed by atoms with Crippen molar-refractivity contribution >= 4 is 65.1 Å². The highest BCUT2D eigenvalue weighted by molar-refractivity contribution is 7.88. The van der Waals surface area contributed by atoms with Gasteiger partial charge in [0.15, 0.2) is 0 Å². The molecule has 14 nitrogen and oxygen atoms in total. The van der Waals surface area contributed by atoms with Crippen molar-refractivity contribution in [2.24, 2.45) is 20.0 Å². The molecule has 6 aromatic rings. The van der Waals surface area contributed by atoms with E-state index in [1.54, 1.807) is 73.2 Å². The third-order valence-electron chi connectivity index (χ3n) is 9.15. The van der Waals surface area contributed by atoms with Crippen molar-refractivity contribution < 1.29 is 25.6 Å². The number of benzene rings is 2. The lowest BCUT2D eigenvalue weighted by atomic mass is 10.1. The Balaban J connectivity index is 0.000000186. The fourth-order valence-corrected chi connectivity index (χ4v) is 7.12. The molecule has 4 heterocycles. The number of aromatic nitrogens is 6. The lowest BCUT2D eigenvalue weighted by Gasteiger charge is -2.22. The van der Waals surface area contributed by atoms with Gasteiger partial charge in [-0.2, -0.15) is 4.31 Å². The number of aryl methyl sites for hydroxylation is 2. The van der Waals surface area contributed by atoms with Crippen molar-refractivity contribution in [3.8, 4) is 0 Å². The predicted octanol–water partition coefficient (Wildman–Crippen LogP) is 4.97. The number of pyridine rings is 2. The molecule has 1 saturated carbocycles. The topological polar surface area (TPSA) is 151 Å². The SMILES string of the molecule is CN(c1cc2c(cn1)ncn2C)c1ccc(CN(CC2CC2)S(C)(=O)=O)cc1F.CN(c1cc2c(cn1)ncn2C)c1ccc(CNS(C)(=O)=O)cc1F. The first-order chi connectivity index (χ1) is 25.5. The second-order valence-electron chi connectivity index (χ2n) is 13.6. The number of hydrogen-bond donors (Lipinski definition) is 1. The van der Waals surface area contributed by atoms with Gasteiger partial charge >= 0.3 is 0 Å². The maximum Gasteiger partial charge on any atom is 0.211 e. The number of nitrogens with one attached hydrogen (secondary N) is 1. The van der Waals surface area contributed by atoms with Crippen molar-refractivity contribution in [2.75, 3.05) is 43.0 Å². The first-order valence-electron chi connectivity index (χ1n) is 16.9. The Labute approximate surface area is 313 Å². The normalized spacial score (nSPS) is 13.4. The molecular weight excluding hydrogens is 739 g/mol. The summed E-state index contributed by atoms with van der Waals surface area (Å²) in [6.07, 6.45) is 11.1.